The number of rotatable bonds is 8. The number of aromatic amines is 1. The Bertz CT molecular complexity index is 1440. The van der Waals surface area contributed by atoms with Crippen molar-refractivity contribution in [2.75, 3.05) is 0 Å². The summed E-state index contributed by atoms with van der Waals surface area (Å²) in [7, 11) is 0. The summed E-state index contributed by atoms with van der Waals surface area (Å²) in [6.45, 7) is 2.06. The van der Waals surface area contributed by atoms with Crippen LogP contribution < -0.4 is 0 Å². The minimum Gasteiger partial charge on any atom is -0.358 e. The molecule has 1 aliphatic heterocycles. The highest BCUT2D eigenvalue weighted by molar-refractivity contribution is 6.30. The van der Waals surface area contributed by atoms with Gasteiger partial charge in [-0.25, -0.2) is 5.10 Å². The maximum absolute atomic E-state index is 14.4. The van der Waals surface area contributed by atoms with Gasteiger partial charge in [0, 0.05) is 16.5 Å². The van der Waals surface area contributed by atoms with Gasteiger partial charge in [0.15, 0.2) is 5.82 Å². The van der Waals surface area contributed by atoms with Crippen molar-refractivity contribution < 1.29 is 9.53 Å². The molecule has 0 bridgehead atoms. The van der Waals surface area contributed by atoms with Crippen LogP contribution in [0.4, 0.5) is 0 Å². The number of carbonyl (C=O) groups excluding carboxylic acids is 1. The van der Waals surface area contributed by atoms with Gasteiger partial charge in [-0.2, -0.15) is 5.26 Å². The van der Waals surface area contributed by atoms with E-state index < -0.39 is 24.3 Å². The van der Waals surface area contributed by atoms with Crippen LogP contribution >= 0.6 is 23.2 Å². The third-order valence-corrected chi connectivity index (χ3v) is 7.42. The molecule has 198 valence electrons. The van der Waals surface area contributed by atoms with Crippen molar-refractivity contribution in [2.45, 2.75) is 50.5 Å². The molecule has 8 nitrogen and oxygen atoms in total. The molecule has 1 amide bonds. The normalized spacial score (nSPS) is 20.0. The molecule has 1 fully saturated rings. The highest BCUT2D eigenvalue weighted by Crippen LogP contribution is 2.47. The van der Waals surface area contributed by atoms with Crippen molar-refractivity contribution >= 4 is 29.1 Å². The van der Waals surface area contributed by atoms with Gasteiger partial charge in [-0.05, 0) is 69.9 Å². The maximum atomic E-state index is 14.4. The van der Waals surface area contributed by atoms with Crippen LogP contribution in [0.1, 0.15) is 66.0 Å². The SMILES string of the molecule is CCCC(c1nnn[nH]1)N1C(=O)[C@@H](Cc2ccc(C#N)cc2)O[C@H](c2ccc(Cl)cc2)[C@@H]1c1ccc(Cl)cc1. The molecule has 4 atom stereocenters. The molecular weight excluding hydrogens is 535 g/mol. The Hall–Kier alpha value is -3.77. The van der Waals surface area contributed by atoms with Crippen LogP contribution in [0.5, 0.6) is 0 Å². The van der Waals surface area contributed by atoms with Crippen LogP contribution in [-0.4, -0.2) is 37.5 Å². The lowest BCUT2D eigenvalue weighted by molar-refractivity contribution is -0.180. The molecule has 1 aromatic heterocycles. The largest absolute Gasteiger partial charge is 0.358 e. The third-order valence-electron chi connectivity index (χ3n) is 6.92. The fourth-order valence-electron chi connectivity index (χ4n) is 5.07. The minimum atomic E-state index is -0.780. The molecule has 39 heavy (non-hydrogen) atoms. The monoisotopic (exact) mass is 560 g/mol. The summed E-state index contributed by atoms with van der Waals surface area (Å²) >= 11 is 12.5. The van der Waals surface area contributed by atoms with Gasteiger partial charge in [-0.15, -0.1) is 5.10 Å². The molecule has 0 saturated carbocycles. The average Bonchev–Trinajstić information content (AvgIpc) is 3.49. The number of nitrogens with zero attached hydrogens (tertiary/aromatic N) is 5. The lowest BCUT2D eigenvalue weighted by atomic mass is 9.88. The number of ether oxygens (including phenoxy) is 1. The summed E-state index contributed by atoms with van der Waals surface area (Å²) in [6, 6.07) is 23.4. The molecule has 1 N–H and O–H groups in total. The van der Waals surface area contributed by atoms with E-state index >= 15 is 0 Å². The van der Waals surface area contributed by atoms with Crippen molar-refractivity contribution in [2.24, 2.45) is 0 Å². The topological polar surface area (TPSA) is 108 Å². The van der Waals surface area contributed by atoms with Crippen molar-refractivity contribution in [1.82, 2.24) is 25.5 Å². The van der Waals surface area contributed by atoms with Crippen molar-refractivity contribution in [3.05, 3.63) is 111 Å². The molecule has 3 aromatic carbocycles. The molecule has 5 rings (SSSR count). The molecule has 1 unspecified atom stereocenters. The number of amides is 1. The van der Waals surface area contributed by atoms with Crippen LogP contribution in [0.3, 0.4) is 0 Å². The predicted octanol–water partition coefficient (Wildman–Crippen LogP) is 6.17. The molecule has 1 aliphatic rings. The van der Waals surface area contributed by atoms with E-state index in [0.717, 1.165) is 23.1 Å². The quantitative estimate of drug-likeness (QED) is 0.276. The Labute approximate surface area is 236 Å². The van der Waals surface area contributed by atoms with Crippen LogP contribution in [0.2, 0.25) is 10.0 Å². The van der Waals surface area contributed by atoms with Gasteiger partial charge < -0.3 is 9.64 Å². The number of H-pyrrole nitrogens is 1. The van der Waals surface area contributed by atoms with Crippen LogP contribution in [-0.2, 0) is 16.0 Å². The van der Waals surface area contributed by atoms with Crippen LogP contribution in [0, 0.1) is 11.3 Å². The number of nitrogens with one attached hydrogen (secondary N) is 1. The molecule has 1 saturated heterocycles. The number of benzene rings is 3. The summed E-state index contributed by atoms with van der Waals surface area (Å²) < 4.78 is 6.66. The number of aromatic nitrogens is 4. The number of hydrogen-bond donors (Lipinski definition) is 1. The van der Waals surface area contributed by atoms with E-state index in [2.05, 4.69) is 33.6 Å². The van der Waals surface area contributed by atoms with E-state index in [-0.39, 0.29) is 5.91 Å². The molecule has 4 aromatic rings. The summed E-state index contributed by atoms with van der Waals surface area (Å²) in [5.74, 6) is 0.345. The maximum Gasteiger partial charge on any atom is 0.253 e. The number of nitriles is 1. The predicted molar refractivity (Wildman–Crippen MR) is 147 cm³/mol. The second kappa shape index (κ2) is 12.0. The molecule has 0 spiro atoms. The summed E-state index contributed by atoms with van der Waals surface area (Å²) in [5, 5.41) is 25.1. The van der Waals surface area contributed by atoms with Gasteiger partial charge in [0.25, 0.3) is 5.91 Å². The minimum absolute atomic E-state index is 0.167. The molecule has 0 radical (unpaired) electrons. The Balaban J connectivity index is 1.64. The summed E-state index contributed by atoms with van der Waals surface area (Å²) in [4.78, 5) is 16.2. The zero-order valence-corrected chi connectivity index (χ0v) is 22.7. The highest BCUT2D eigenvalue weighted by atomic mass is 35.5. The van der Waals surface area contributed by atoms with Crippen LogP contribution in [0.15, 0.2) is 72.8 Å². The fourth-order valence-corrected chi connectivity index (χ4v) is 5.32. The van der Waals surface area contributed by atoms with E-state index in [1.807, 2.05) is 65.6 Å². The lowest BCUT2D eigenvalue weighted by Crippen LogP contribution is -2.53. The van der Waals surface area contributed by atoms with E-state index in [1.165, 1.54) is 0 Å². The van der Waals surface area contributed by atoms with Crippen molar-refractivity contribution in [3.8, 4) is 6.07 Å². The molecule has 10 heteroatoms. The van der Waals surface area contributed by atoms with E-state index in [0.29, 0.717) is 34.3 Å². The zero-order valence-electron chi connectivity index (χ0n) is 21.2. The summed E-state index contributed by atoms with van der Waals surface area (Å²) in [5.41, 5.74) is 3.20. The van der Waals surface area contributed by atoms with Gasteiger partial charge in [0.05, 0.1) is 23.7 Å². The van der Waals surface area contributed by atoms with E-state index in [1.54, 1.807) is 12.1 Å². The number of carbonyl (C=O) groups is 1. The first kappa shape index (κ1) is 26.8. The standard InChI is InChI=1S/C29H26Cl2N6O2/c1-2-3-24(28-33-35-36-34-28)37-26(20-8-12-22(30)13-9-20)27(21-10-14-23(31)15-11-21)39-25(29(37)38)16-18-4-6-19(17-32)7-5-18/h4-15,24-27H,2-3,16H2,1H3,(H,33,34,35,36)/t24?,25-,26+,27-/m1/s1. The van der Waals surface area contributed by atoms with Gasteiger partial charge in [-0.3, -0.25) is 4.79 Å². The first-order valence-corrected chi connectivity index (χ1v) is 13.4. The average molecular weight is 561 g/mol. The Morgan fingerprint density at radius 1 is 1.00 bits per heavy atom. The Kier molecular flexibility index (Phi) is 8.22. The second-order valence-electron chi connectivity index (χ2n) is 9.44. The highest BCUT2D eigenvalue weighted by Gasteiger charge is 2.47. The number of tetrazole rings is 1. The summed E-state index contributed by atoms with van der Waals surface area (Å²) in [6.07, 6.45) is 0.488. The van der Waals surface area contributed by atoms with Crippen LogP contribution in [0.25, 0.3) is 0 Å². The van der Waals surface area contributed by atoms with Crippen molar-refractivity contribution in [1.29, 1.82) is 5.26 Å². The fraction of sp³-hybridized carbons (Fsp3) is 0.276. The van der Waals surface area contributed by atoms with Gasteiger partial charge >= 0.3 is 0 Å². The Morgan fingerprint density at radius 3 is 2.21 bits per heavy atom. The first-order chi connectivity index (χ1) is 19.0. The van der Waals surface area contributed by atoms with Gasteiger partial charge in [-0.1, -0.05) is 72.9 Å². The third kappa shape index (κ3) is 5.81. The smallest absolute Gasteiger partial charge is 0.253 e. The van der Waals surface area contributed by atoms with Gasteiger partial charge in [0.1, 0.15) is 12.2 Å². The Morgan fingerprint density at radius 2 is 1.64 bits per heavy atom. The molecule has 0 aliphatic carbocycles. The van der Waals surface area contributed by atoms with E-state index in [4.69, 9.17) is 27.9 Å². The van der Waals surface area contributed by atoms with Gasteiger partial charge in [0.2, 0.25) is 0 Å². The number of hydrogen-bond acceptors (Lipinski definition) is 6. The molecule has 2 heterocycles. The second-order valence-corrected chi connectivity index (χ2v) is 10.3. The lowest BCUT2D eigenvalue weighted by Gasteiger charge is -2.47. The first-order valence-electron chi connectivity index (χ1n) is 12.7. The number of halogens is 2. The van der Waals surface area contributed by atoms with E-state index in [9.17, 15) is 10.1 Å². The number of morpholine rings is 1. The zero-order chi connectivity index (χ0) is 27.4. The molecular formula is C29H26Cl2N6O2. The van der Waals surface area contributed by atoms with Crippen molar-refractivity contribution in [3.63, 3.8) is 0 Å².